The standard InChI is InChI=1S/C28H36FN5O4/c1-16(2)34-23-11-18(26-21(29)12-31-28(33-26)32-22-8-10-38-15-25(22)35)6-7-20(23)27(36)17(3)24(34)13-30-19-5-4-9-37-14-19/h6-7,11-12,16,19,22,25,30,35H,4-5,8-10,13-15H2,1-3H3,(H,31,32,33)/t19-,22-,25-/m1/s1. The number of hydrogen-bond acceptors (Lipinski definition) is 8. The molecule has 0 saturated carbocycles. The van der Waals surface area contributed by atoms with Crippen LogP contribution in [0.25, 0.3) is 22.2 Å². The quantitative estimate of drug-likeness (QED) is 0.431. The van der Waals surface area contributed by atoms with Gasteiger partial charge in [-0.1, -0.05) is 6.07 Å². The number of fused-ring (bicyclic) bond motifs is 1. The van der Waals surface area contributed by atoms with E-state index < -0.39 is 11.9 Å². The molecule has 3 aromatic rings. The molecular weight excluding hydrogens is 489 g/mol. The summed E-state index contributed by atoms with van der Waals surface area (Å²) in [6.07, 6.45) is 3.09. The first-order chi connectivity index (χ1) is 18.3. The Kier molecular flexibility index (Phi) is 8.04. The second-order valence-electron chi connectivity index (χ2n) is 10.5. The van der Waals surface area contributed by atoms with Crippen molar-refractivity contribution in [3.63, 3.8) is 0 Å². The molecule has 0 bridgehead atoms. The highest BCUT2D eigenvalue weighted by Crippen LogP contribution is 2.28. The summed E-state index contributed by atoms with van der Waals surface area (Å²) in [5, 5.41) is 17.5. The molecule has 5 rings (SSSR count). The lowest BCUT2D eigenvalue weighted by molar-refractivity contribution is -0.0136. The fourth-order valence-corrected chi connectivity index (χ4v) is 5.38. The fraction of sp³-hybridized carbons (Fsp3) is 0.536. The molecule has 0 unspecified atom stereocenters. The van der Waals surface area contributed by atoms with Crippen LogP contribution in [0.4, 0.5) is 10.3 Å². The first-order valence-corrected chi connectivity index (χ1v) is 13.4. The zero-order valence-electron chi connectivity index (χ0n) is 22.2. The molecule has 38 heavy (non-hydrogen) atoms. The van der Waals surface area contributed by atoms with Gasteiger partial charge in [0.25, 0.3) is 0 Å². The summed E-state index contributed by atoms with van der Waals surface area (Å²) in [6.45, 7) is 8.77. The van der Waals surface area contributed by atoms with Crippen LogP contribution in [0.1, 0.15) is 50.4 Å². The number of benzene rings is 1. The third kappa shape index (κ3) is 5.44. The number of pyridine rings is 1. The van der Waals surface area contributed by atoms with Crippen molar-refractivity contribution in [1.29, 1.82) is 0 Å². The number of halogens is 1. The second-order valence-corrected chi connectivity index (χ2v) is 10.5. The summed E-state index contributed by atoms with van der Waals surface area (Å²) in [4.78, 5) is 21.9. The highest BCUT2D eigenvalue weighted by atomic mass is 19.1. The fourth-order valence-electron chi connectivity index (χ4n) is 5.38. The normalized spacial score (nSPS) is 22.2. The lowest BCUT2D eigenvalue weighted by Crippen LogP contribution is -2.42. The molecule has 9 nitrogen and oxygen atoms in total. The van der Waals surface area contributed by atoms with Gasteiger partial charge in [-0.15, -0.1) is 0 Å². The van der Waals surface area contributed by atoms with Crippen molar-refractivity contribution in [2.24, 2.45) is 0 Å². The van der Waals surface area contributed by atoms with Gasteiger partial charge in [0.05, 0.1) is 37.1 Å². The largest absolute Gasteiger partial charge is 0.389 e. The van der Waals surface area contributed by atoms with E-state index in [1.54, 1.807) is 12.1 Å². The molecule has 2 fully saturated rings. The highest BCUT2D eigenvalue weighted by molar-refractivity contribution is 5.85. The van der Waals surface area contributed by atoms with Crippen molar-refractivity contribution >= 4 is 16.9 Å². The number of aliphatic hydroxyl groups excluding tert-OH is 1. The summed E-state index contributed by atoms with van der Waals surface area (Å²) in [6, 6.07) is 5.34. The molecule has 0 radical (unpaired) electrons. The topological polar surface area (TPSA) is 111 Å². The Morgan fingerprint density at radius 1 is 1.21 bits per heavy atom. The number of aromatic nitrogens is 3. The van der Waals surface area contributed by atoms with Gasteiger partial charge in [0.2, 0.25) is 5.95 Å². The van der Waals surface area contributed by atoms with Gasteiger partial charge in [-0.05, 0) is 52.2 Å². The second kappa shape index (κ2) is 11.4. The third-order valence-corrected chi connectivity index (χ3v) is 7.46. The minimum atomic E-state index is -0.697. The monoisotopic (exact) mass is 525 g/mol. The van der Waals surface area contributed by atoms with E-state index in [4.69, 9.17) is 9.47 Å². The van der Waals surface area contributed by atoms with Gasteiger partial charge in [0, 0.05) is 54.0 Å². The molecule has 204 valence electrons. The van der Waals surface area contributed by atoms with Crippen LogP contribution >= 0.6 is 0 Å². The predicted octanol–water partition coefficient (Wildman–Crippen LogP) is 3.32. The number of ether oxygens (including phenoxy) is 2. The lowest BCUT2D eigenvalue weighted by atomic mass is 10.0. The van der Waals surface area contributed by atoms with Crippen LogP contribution < -0.4 is 16.1 Å². The van der Waals surface area contributed by atoms with E-state index in [9.17, 15) is 9.90 Å². The van der Waals surface area contributed by atoms with Gasteiger partial charge in [-0.2, -0.15) is 0 Å². The van der Waals surface area contributed by atoms with Crippen LogP contribution in [0.2, 0.25) is 0 Å². The minimum Gasteiger partial charge on any atom is -0.389 e. The molecule has 3 atom stereocenters. The molecule has 2 aliphatic heterocycles. The van der Waals surface area contributed by atoms with Crippen LogP contribution in [0.5, 0.6) is 0 Å². The molecule has 0 amide bonds. The van der Waals surface area contributed by atoms with Crippen molar-refractivity contribution < 1.29 is 19.0 Å². The third-order valence-electron chi connectivity index (χ3n) is 7.46. The Bertz CT molecular complexity index is 1360. The summed E-state index contributed by atoms with van der Waals surface area (Å²) in [5.41, 5.74) is 3.01. The lowest BCUT2D eigenvalue weighted by Gasteiger charge is -2.28. The summed E-state index contributed by atoms with van der Waals surface area (Å²) >= 11 is 0. The predicted molar refractivity (Wildman–Crippen MR) is 144 cm³/mol. The Morgan fingerprint density at radius 2 is 2.03 bits per heavy atom. The highest BCUT2D eigenvalue weighted by Gasteiger charge is 2.25. The molecule has 2 aromatic heterocycles. The zero-order chi connectivity index (χ0) is 26.8. The number of nitrogens with zero attached hydrogens (tertiary/aromatic N) is 3. The number of rotatable bonds is 7. The summed E-state index contributed by atoms with van der Waals surface area (Å²) in [7, 11) is 0. The Hall–Kier alpha value is -2.92. The first-order valence-electron chi connectivity index (χ1n) is 13.4. The zero-order valence-corrected chi connectivity index (χ0v) is 22.2. The molecule has 1 aromatic carbocycles. The van der Waals surface area contributed by atoms with Crippen molar-refractivity contribution in [2.45, 2.75) is 70.8 Å². The van der Waals surface area contributed by atoms with E-state index in [0.717, 1.165) is 36.9 Å². The van der Waals surface area contributed by atoms with Crippen LogP contribution in [0, 0.1) is 12.7 Å². The van der Waals surface area contributed by atoms with Crippen LogP contribution in [0.15, 0.2) is 29.2 Å². The van der Waals surface area contributed by atoms with Crippen LogP contribution in [-0.2, 0) is 16.0 Å². The SMILES string of the molecule is Cc1c(CN[C@@H]2CCCOC2)n(C(C)C)c2cc(-c3nc(N[C@@H]4CCOC[C@H]4O)ncc3F)ccc2c1=O. The van der Waals surface area contributed by atoms with E-state index in [-0.39, 0.29) is 41.8 Å². The minimum absolute atomic E-state index is 0.0286. The molecule has 0 spiro atoms. The van der Waals surface area contributed by atoms with E-state index in [1.807, 2.05) is 13.0 Å². The average molecular weight is 526 g/mol. The molecular formula is C28H36FN5O4. The summed E-state index contributed by atoms with van der Waals surface area (Å²) in [5.74, 6) is -0.329. The molecule has 4 heterocycles. The number of aliphatic hydroxyl groups is 1. The van der Waals surface area contributed by atoms with E-state index in [2.05, 4.69) is 39.0 Å². The molecule has 3 N–H and O–H groups in total. The van der Waals surface area contributed by atoms with Crippen molar-refractivity contribution in [3.8, 4) is 11.3 Å². The van der Waals surface area contributed by atoms with Gasteiger partial charge in [0.15, 0.2) is 11.2 Å². The Balaban J connectivity index is 1.53. The van der Waals surface area contributed by atoms with Gasteiger partial charge in [-0.3, -0.25) is 4.79 Å². The molecule has 2 aliphatic rings. The summed E-state index contributed by atoms with van der Waals surface area (Å²) < 4.78 is 28.1. The Labute approximate surface area is 221 Å². The number of hydrogen-bond donors (Lipinski definition) is 3. The maximum Gasteiger partial charge on any atom is 0.223 e. The van der Waals surface area contributed by atoms with E-state index in [1.165, 1.54) is 0 Å². The average Bonchev–Trinajstić information content (AvgIpc) is 2.92. The van der Waals surface area contributed by atoms with Crippen LogP contribution in [0.3, 0.4) is 0 Å². The Morgan fingerprint density at radius 3 is 2.76 bits per heavy atom. The molecule has 2 saturated heterocycles. The molecule has 0 aliphatic carbocycles. The van der Waals surface area contributed by atoms with E-state index in [0.29, 0.717) is 42.7 Å². The first kappa shape index (κ1) is 26.7. The van der Waals surface area contributed by atoms with Crippen molar-refractivity contribution in [1.82, 2.24) is 19.9 Å². The van der Waals surface area contributed by atoms with Crippen LogP contribution in [-0.4, -0.2) is 64.3 Å². The molecule has 10 heteroatoms. The van der Waals surface area contributed by atoms with Crippen molar-refractivity contribution in [3.05, 3.63) is 51.7 Å². The number of nitrogens with one attached hydrogen (secondary N) is 2. The maximum absolute atomic E-state index is 15.0. The number of anilines is 1. The maximum atomic E-state index is 15.0. The van der Waals surface area contributed by atoms with E-state index >= 15 is 4.39 Å². The van der Waals surface area contributed by atoms with Gasteiger partial charge in [0.1, 0.15) is 5.69 Å². The smallest absolute Gasteiger partial charge is 0.223 e. The van der Waals surface area contributed by atoms with Gasteiger partial charge < -0.3 is 29.8 Å². The van der Waals surface area contributed by atoms with Gasteiger partial charge in [-0.25, -0.2) is 14.4 Å². The van der Waals surface area contributed by atoms with Crippen molar-refractivity contribution in [2.75, 3.05) is 31.7 Å². The van der Waals surface area contributed by atoms with Gasteiger partial charge >= 0.3 is 0 Å².